The Morgan fingerprint density at radius 3 is 2.81 bits per heavy atom. The number of hydrogen-bond acceptors (Lipinski definition) is 5. The SMILES string of the molecule is Cc1noc(C)c1CNc1cccc(N)n1. The van der Waals surface area contributed by atoms with Crippen LogP contribution >= 0.6 is 0 Å². The number of hydrogen-bond donors (Lipinski definition) is 2. The molecule has 0 aromatic carbocycles. The Labute approximate surface area is 93.7 Å². The van der Waals surface area contributed by atoms with Crippen molar-refractivity contribution < 1.29 is 4.52 Å². The predicted octanol–water partition coefficient (Wildman–Crippen LogP) is 1.88. The molecule has 3 N–H and O–H groups in total. The molecular weight excluding hydrogens is 204 g/mol. The minimum atomic E-state index is 0.503. The maximum absolute atomic E-state index is 5.59. The van der Waals surface area contributed by atoms with Crippen LogP contribution in [0, 0.1) is 13.8 Å². The van der Waals surface area contributed by atoms with Crippen LogP contribution in [0.1, 0.15) is 17.0 Å². The van der Waals surface area contributed by atoms with Gasteiger partial charge in [0.05, 0.1) is 5.69 Å². The Hall–Kier alpha value is -2.04. The smallest absolute Gasteiger partial charge is 0.138 e. The Balaban J connectivity index is 2.08. The van der Waals surface area contributed by atoms with Crippen molar-refractivity contribution in [3.05, 3.63) is 35.2 Å². The molecule has 0 amide bonds. The van der Waals surface area contributed by atoms with Crippen molar-refractivity contribution in [3.63, 3.8) is 0 Å². The molecule has 0 bridgehead atoms. The van der Waals surface area contributed by atoms with E-state index < -0.39 is 0 Å². The van der Waals surface area contributed by atoms with Crippen LogP contribution in [0.3, 0.4) is 0 Å². The van der Waals surface area contributed by atoms with E-state index in [1.807, 2.05) is 26.0 Å². The van der Waals surface area contributed by atoms with Gasteiger partial charge in [-0.05, 0) is 26.0 Å². The molecule has 0 unspecified atom stereocenters. The molecule has 0 aliphatic rings. The fourth-order valence-electron chi connectivity index (χ4n) is 1.48. The van der Waals surface area contributed by atoms with E-state index in [1.54, 1.807) is 6.07 Å². The van der Waals surface area contributed by atoms with Crippen LogP contribution in [0.25, 0.3) is 0 Å². The monoisotopic (exact) mass is 218 g/mol. The maximum Gasteiger partial charge on any atom is 0.138 e. The Kier molecular flexibility index (Phi) is 2.76. The molecule has 16 heavy (non-hydrogen) atoms. The number of nitrogens with one attached hydrogen (secondary N) is 1. The van der Waals surface area contributed by atoms with Gasteiger partial charge in [-0.3, -0.25) is 0 Å². The first-order valence-corrected chi connectivity index (χ1v) is 5.05. The zero-order chi connectivity index (χ0) is 11.5. The molecule has 2 heterocycles. The number of rotatable bonds is 3. The third kappa shape index (κ3) is 2.13. The van der Waals surface area contributed by atoms with Crippen LogP contribution < -0.4 is 11.1 Å². The summed E-state index contributed by atoms with van der Waals surface area (Å²) in [5, 5.41) is 7.06. The highest BCUT2D eigenvalue weighted by molar-refractivity contribution is 5.43. The largest absolute Gasteiger partial charge is 0.384 e. The molecule has 2 aromatic rings. The van der Waals surface area contributed by atoms with Crippen LogP contribution in [0.15, 0.2) is 22.7 Å². The van der Waals surface area contributed by atoms with E-state index in [1.165, 1.54) is 0 Å². The predicted molar refractivity (Wildman–Crippen MR) is 62.0 cm³/mol. The third-order valence-corrected chi connectivity index (χ3v) is 2.40. The number of nitrogens with zero attached hydrogens (tertiary/aromatic N) is 2. The summed E-state index contributed by atoms with van der Waals surface area (Å²) in [5.41, 5.74) is 7.54. The van der Waals surface area contributed by atoms with E-state index in [9.17, 15) is 0 Å². The Bertz CT molecular complexity index is 473. The first kappa shape index (κ1) is 10.5. The number of aryl methyl sites for hydroxylation is 2. The first-order chi connectivity index (χ1) is 7.66. The average Bonchev–Trinajstić information content (AvgIpc) is 2.56. The lowest BCUT2D eigenvalue weighted by atomic mass is 10.2. The van der Waals surface area contributed by atoms with E-state index in [4.69, 9.17) is 10.3 Å². The van der Waals surface area contributed by atoms with Gasteiger partial charge in [0, 0.05) is 12.1 Å². The molecule has 84 valence electrons. The van der Waals surface area contributed by atoms with Gasteiger partial charge in [-0.25, -0.2) is 4.98 Å². The van der Waals surface area contributed by atoms with Crippen LogP contribution in [0.2, 0.25) is 0 Å². The van der Waals surface area contributed by atoms with E-state index in [2.05, 4.69) is 15.5 Å². The standard InChI is InChI=1S/C11H14N4O/c1-7-9(8(2)16-15-7)6-13-11-5-3-4-10(12)14-11/h3-5H,6H2,1-2H3,(H3,12,13,14). The summed E-state index contributed by atoms with van der Waals surface area (Å²) in [4.78, 5) is 4.15. The zero-order valence-corrected chi connectivity index (χ0v) is 9.32. The van der Waals surface area contributed by atoms with Crippen molar-refractivity contribution in [1.82, 2.24) is 10.1 Å². The van der Waals surface area contributed by atoms with Crippen molar-refractivity contribution in [2.24, 2.45) is 0 Å². The summed E-state index contributed by atoms with van der Waals surface area (Å²) in [7, 11) is 0. The molecule has 5 heteroatoms. The first-order valence-electron chi connectivity index (χ1n) is 5.05. The van der Waals surface area contributed by atoms with Gasteiger partial charge >= 0.3 is 0 Å². The quantitative estimate of drug-likeness (QED) is 0.822. The zero-order valence-electron chi connectivity index (χ0n) is 9.32. The lowest BCUT2D eigenvalue weighted by Crippen LogP contribution is -2.03. The Morgan fingerprint density at radius 1 is 1.38 bits per heavy atom. The lowest BCUT2D eigenvalue weighted by molar-refractivity contribution is 0.392. The second-order valence-electron chi connectivity index (χ2n) is 3.60. The molecule has 0 saturated heterocycles. The summed E-state index contributed by atoms with van der Waals surface area (Å²) < 4.78 is 5.07. The second-order valence-corrected chi connectivity index (χ2v) is 3.60. The number of nitrogen functional groups attached to an aromatic ring is 1. The van der Waals surface area contributed by atoms with Crippen molar-refractivity contribution >= 4 is 11.6 Å². The number of anilines is 2. The third-order valence-electron chi connectivity index (χ3n) is 2.40. The van der Waals surface area contributed by atoms with E-state index in [0.29, 0.717) is 12.4 Å². The van der Waals surface area contributed by atoms with Gasteiger partial charge in [0.2, 0.25) is 0 Å². The number of pyridine rings is 1. The number of nitrogens with two attached hydrogens (primary N) is 1. The second kappa shape index (κ2) is 4.22. The maximum atomic E-state index is 5.59. The highest BCUT2D eigenvalue weighted by Gasteiger charge is 2.08. The van der Waals surface area contributed by atoms with Gasteiger partial charge < -0.3 is 15.6 Å². The lowest BCUT2D eigenvalue weighted by Gasteiger charge is -2.05. The van der Waals surface area contributed by atoms with Gasteiger partial charge in [0.25, 0.3) is 0 Å². The van der Waals surface area contributed by atoms with E-state index >= 15 is 0 Å². The molecule has 0 radical (unpaired) electrons. The molecule has 0 fully saturated rings. The highest BCUT2D eigenvalue weighted by Crippen LogP contribution is 2.14. The molecule has 0 atom stereocenters. The molecule has 5 nitrogen and oxygen atoms in total. The molecule has 0 spiro atoms. The molecule has 2 aromatic heterocycles. The van der Waals surface area contributed by atoms with Gasteiger partial charge in [0.1, 0.15) is 17.4 Å². The van der Waals surface area contributed by atoms with Crippen molar-refractivity contribution in [2.45, 2.75) is 20.4 Å². The van der Waals surface area contributed by atoms with Gasteiger partial charge in [-0.1, -0.05) is 11.2 Å². The molecular formula is C11H14N4O. The highest BCUT2D eigenvalue weighted by atomic mass is 16.5. The minimum Gasteiger partial charge on any atom is -0.384 e. The van der Waals surface area contributed by atoms with E-state index in [0.717, 1.165) is 22.8 Å². The Morgan fingerprint density at radius 2 is 2.19 bits per heavy atom. The summed E-state index contributed by atoms with van der Waals surface area (Å²) in [6, 6.07) is 5.48. The van der Waals surface area contributed by atoms with Gasteiger partial charge in [-0.15, -0.1) is 0 Å². The topological polar surface area (TPSA) is 77.0 Å². The summed E-state index contributed by atoms with van der Waals surface area (Å²) in [5.74, 6) is 2.08. The van der Waals surface area contributed by atoms with Crippen LogP contribution in [-0.2, 0) is 6.54 Å². The average molecular weight is 218 g/mol. The summed E-state index contributed by atoms with van der Waals surface area (Å²) >= 11 is 0. The van der Waals surface area contributed by atoms with Crippen molar-refractivity contribution in [3.8, 4) is 0 Å². The molecule has 0 saturated carbocycles. The van der Waals surface area contributed by atoms with Crippen molar-refractivity contribution in [1.29, 1.82) is 0 Å². The van der Waals surface area contributed by atoms with Crippen LogP contribution in [-0.4, -0.2) is 10.1 Å². The van der Waals surface area contributed by atoms with Gasteiger partial charge in [-0.2, -0.15) is 0 Å². The normalized spacial score (nSPS) is 10.4. The number of aromatic nitrogens is 2. The van der Waals surface area contributed by atoms with Crippen LogP contribution in [0.4, 0.5) is 11.6 Å². The van der Waals surface area contributed by atoms with Gasteiger partial charge in [0.15, 0.2) is 0 Å². The summed E-state index contributed by atoms with van der Waals surface area (Å²) in [6.07, 6.45) is 0. The minimum absolute atomic E-state index is 0.503. The van der Waals surface area contributed by atoms with Crippen LogP contribution in [0.5, 0.6) is 0 Å². The fraction of sp³-hybridized carbons (Fsp3) is 0.273. The van der Waals surface area contributed by atoms with E-state index in [-0.39, 0.29) is 0 Å². The fourth-order valence-corrected chi connectivity index (χ4v) is 1.48. The summed E-state index contributed by atoms with van der Waals surface area (Å²) in [6.45, 7) is 4.45. The molecule has 2 rings (SSSR count). The molecule has 0 aliphatic carbocycles. The molecule has 0 aliphatic heterocycles. The van der Waals surface area contributed by atoms with Crippen molar-refractivity contribution in [2.75, 3.05) is 11.1 Å².